The summed E-state index contributed by atoms with van der Waals surface area (Å²) in [6, 6.07) is 0. The molecule has 0 aromatic rings. The summed E-state index contributed by atoms with van der Waals surface area (Å²) >= 11 is 0. The van der Waals surface area contributed by atoms with Crippen molar-refractivity contribution in [2.75, 3.05) is 13.1 Å². The monoisotopic (exact) mass is 341 g/mol. The minimum atomic E-state index is -0.935. The van der Waals surface area contributed by atoms with E-state index in [2.05, 4.69) is 31.1 Å². The molecule has 0 radical (unpaired) electrons. The Kier molecular flexibility index (Phi) is 20.1. The van der Waals surface area contributed by atoms with Crippen LogP contribution in [0.1, 0.15) is 85.0 Å². The third kappa shape index (κ3) is 22.8. The number of rotatable bonds is 13. The van der Waals surface area contributed by atoms with Crippen LogP contribution in [0.3, 0.4) is 0 Å². The van der Waals surface area contributed by atoms with Gasteiger partial charge in [-0.05, 0) is 19.8 Å². The molecule has 0 saturated heterocycles. The van der Waals surface area contributed by atoms with Crippen molar-refractivity contribution < 1.29 is 9.90 Å². The first-order valence-corrected chi connectivity index (χ1v) is 9.40. The third-order valence-electron chi connectivity index (χ3n) is 3.53. The van der Waals surface area contributed by atoms with E-state index in [0.29, 0.717) is 5.96 Å². The first kappa shape index (κ1) is 24.7. The fraction of sp³-hybridized carbons (Fsp3) is 0.789. The highest BCUT2D eigenvalue weighted by molar-refractivity contribution is 5.84. The van der Waals surface area contributed by atoms with Crippen molar-refractivity contribution in [3.63, 3.8) is 0 Å². The molecule has 0 heterocycles. The molecule has 0 saturated carbocycles. The van der Waals surface area contributed by atoms with Crippen molar-refractivity contribution in [1.29, 1.82) is 5.41 Å². The molecule has 0 amide bonds. The minimum Gasteiger partial charge on any atom is -0.478 e. The van der Waals surface area contributed by atoms with Crippen molar-refractivity contribution in [2.24, 2.45) is 0 Å². The molecule has 142 valence electrons. The molecule has 0 aromatic carbocycles. The lowest BCUT2D eigenvalue weighted by Gasteiger charge is -2.09. The Bertz CT molecular complexity index is 319. The molecule has 0 aromatic heterocycles. The minimum absolute atomic E-state index is 0.176. The Morgan fingerprint density at radius 2 is 1.25 bits per heavy atom. The molecule has 24 heavy (non-hydrogen) atoms. The number of guanidine groups is 1. The van der Waals surface area contributed by atoms with Crippen molar-refractivity contribution in [3.05, 3.63) is 12.2 Å². The van der Waals surface area contributed by atoms with E-state index in [0.717, 1.165) is 19.5 Å². The zero-order chi connectivity index (χ0) is 18.6. The van der Waals surface area contributed by atoms with E-state index in [1.165, 1.54) is 64.7 Å². The number of nitrogens with one attached hydrogen (secondary N) is 3. The fourth-order valence-corrected chi connectivity index (χ4v) is 1.92. The Balaban J connectivity index is 0. The second-order valence-electron chi connectivity index (χ2n) is 6.14. The lowest BCUT2D eigenvalue weighted by molar-refractivity contribution is -0.132. The van der Waals surface area contributed by atoms with Crippen molar-refractivity contribution in [3.8, 4) is 0 Å². The summed E-state index contributed by atoms with van der Waals surface area (Å²) in [7, 11) is 0. The van der Waals surface area contributed by atoms with Crippen molar-refractivity contribution in [1.82, 2.24) is 10.6 Å². The van der Waals surface area contributed by atoms with Gasteiger partial charge < -0.3 is 15.7 Å². The number of hydrogen-bond donors (Lipinski definition) is 4. The molecule has 0 aliphatic rings. The van der Waals surface area contributed by atoms with Crippen LogP contribution in [0.15, 0.2) is 12.2 Å². The number of carboxylic acids is 1. The first-order chi connectivity index (χ1) is 11.5. The van der Waals surface area contributed by atoms with E-state index in [-0.39, 0.29) is 5.57 Å². The molecule has 5 nitrogen and oxygen atoms in total. The first-order valence-electron chi connectivity index (χ1n) is 9.40. The highest BCUT2D eigenvalue weighted by Crippen LogP contribution is 2.07. The summed E-state index contributed by atoms with van der Waals surface area (Å²) in [6.07, 6.45) is 13.1. The quantitative estimate of drug-likeness (QED) is 0.169. The van der Waals surface area contributed by atoms with Gasteiger partial charge in [0, 0.05) is 18.7 Å². The number of carbonyl (C=O) groups is 1. The molecule has 0 atom stereocenters. The van der Waals surface area contributed by atoms with E-state index in [9.17, 15) is 4.79 Å². The number of carboxylic acid groups (broad SMARTS) is 1. The van der Waals surface area contributed by atoms with Crippen molar-refractivity contribution in [2.45, 2.75) is 85.0 Å². The molecule has 0 rings (SSSR count). The van der Waals surface area contributed by atoms with Gasteiger partial charge in [-0.1, -0.05) is 71.8 Å². The number of hydrogen-bond acceptors (Lipinski definition) is 2. The standard InChI is InChI=1S/C15H33N3.C4H6O2/c1-3-5-7-8-9-10-11-12-14-18-15(16)17-13-6-4-2;1-3(2)4(5)6/h3-14H2,1-2H3,(H3,16,17,18);1H2,2H3,(H,5,6). The van der Waals surface area contributed by atoms with E-state index in [1.807, 2.05) is 0 Å². The van der Waals surface area contributed by atoms with Crippen LogP contribution in [0.2, 0.25) is 0 Å². The normalized spacial score (nSPS) is 9.62. The van der Waals surface area contributed by atoms with Crippen LogP contribution in [-0.2, 0) is 4.79 Å². The Morgan fingerprint density at radius 1 is 0.875 bits per heavy atom. The van der Waals surface area contributed by atoms with Gasteiger partial charge in [0.1, 0.15) is 0 Å². The van der Waals surface area contributed by atoms with Gasteiger partial charge in [-0.2, -0.15) is 0 Å². The largest absolute Gasteiger partial charge is 0.478 e. The molecule has 0 spiro atoms. The van der Waals surface area contributed by atoms with Crippen LogP contribution in [0.5, 0.6) is 0 Å². The maximum atomic E-state index is 9.60. The molecule has 0 aliphatic heterocycles. The zero-order valence-electron chi connectivity index (χ0n) is 16.0. The molecular weight excluding hydrogens is 302 g/mol. The van der Waals surface area contributed by atoms with E-state index in [1.54, 1.807) is 0 Å². The summed E-state index contributed by atoms with van der Waals surface area (Å²) in [5.41, 5.74) is 0.176. The summed E-state index contributed by atoms with van der Waals surface area (Å²) < 4.78 is 0. The van der Waals surface area contributed by atoms with Gasteiger partial charge >= 0.3 is 5.97 Å². The predicted molar refractivity (Wildman–Crippen MR) is 104 cm³/mol. The zero-order valence-corrected chi connectivity index (χ0v) is 16.0. The Labute approximate surface area is 148 Å². The molecular formula is C19H39N3O2. The second-order valence-corrected chi connectivity index (χ2v) is 6.14. The summed E-state index contributed by atoms with van der Waals surface area (Å²) in [5, 5.41) is 21.7. The van der Waals surface area contributed by atoms with Crippen LogP contribution < -0.4 is 10.6 Å². The summed E-state index contributed by atoms with van der Waals surface area (Å²) in [6.45, 7) is 10.9. The van der Waals surface area contributed by atoms with Crippen LogP contribution in [0.25, 0.3) is 0 Å². The maximum Gasteiger partial charge on any atom is 0.330 e. The smallest absolute Gasteiger partial charge is 0.330 e. The van der Waals surface area contributed by atoms with Crippen LogP contribution in [0.4, 0.5) is 0 Å². The molecule has 4 N–H and O–H groups in total. The topological polar surface area (TPSA) is 85.2 Å². The predicted octanol–water partition coefficient (Wildman–Crippen LogP) is 4.69. The average molecular weight is 342 g/mol. The van der Waals surface area contributed by atoms with Gasteiger partial charge in [0.25, 0.3) is 0 Å². The van der Waals surface area contributed by atoms with Crippen LogP contribution in [0, 0.1) is 5.41 Å². The van der Waals surface area contributed by atoms with Gasteiger partial charge in [-0.15, -0.1) is 0 Å². The molecule has 0 bridgehead atoms. The van der Waals surface area contributed by atoms with E-state index in [4.69, 9.17) is 10.5 Å². The second kappa shape index (κ2) is 19.5. The van der Waals surface area contributed by atoms with E-state index >= 15 is 0 Å². The third-order valence-corrected chi connectivity index (χ3v) is 3.53. The maximum absolute atomic E-state index is 9.60. The number of aliphatic carboxylic acids is 1. The van der Waals surface area contributed by atoms with Gasteiger partial charge in [-0.3, -0.25) is 5.41 Å². The summed E-state index contributed by atoms with van der Waals surface area (Å²) in [4.78, 5) is 9.60. The fourth-order valence-electron chi connectivity index (χ4n) is 1.92. The van der Waals surface area contributed by atoms with Gasteiger partial charge in [0.05, 0.1) is 0 Å². The highest BCUT2D eigenvalue weighted by Gasteiger charge is 1.95. The number of unbranched alkanes of at least 4 members (excludes halogenated alkanes) is 8. The van der Waals surface area contributed by atoms with Gasteiger partial charge in [0.2, 0.25) is 0 Å². The van der Waals surface area contributed by atoms with Crippen LogP contribution in [-0.4, -0.2) is 30.1 Å². The average Bonchev–Trinajstić information content (AvgIpc) is 2.54. The Hall–Kier alpha value is -1.52. The lowest BCUT2D eigenvalue weighted by Crippen LogP contribution is -2.37. The summed E-state index contributed by atoms with van der Waals surface area (Å²) in [5.74, 6) is -0.443. The molecule has 5 heteroatoms. The molecule has 0 aliphatic carbocycles. The van der Waals surface area contributed by atoms with Gasteiger partial charge in [0.15, 0.2) is 5.96 Å². The Morgan fingerprint density at radius 3 is 1.67 bits per heavy atom. The molecule has 0 fully saturated rings. The van der Waals surface area contributed by atoms with E-state index < -0.39 is 5.97 Å². The SMILES string of the molecule is C=C(C)C(=O)O.CCCCCCCCCCNC(=N)NCCCC. The lowest BCUT2D eigenvalue weighted by atomic mass is 10.1. The molecule has 0 unspecified atom stereocenters. The van der Waals surface area contributed by atoms with Gasteiger partial charge in [-0.25, -0.2) is 4.79 Å². The van der Waals surface area contributed by atoms with Crippen molar-refractivity contribution >= 4 is 11.9 Å². The highest BCUT2D eigenvalue weighted by atomic mass is 16.4. The van der Waals surface area contributed by atoms with Crippen LogP contribution >= 0.6 is 0 Å².